The van der Waals surface area contributed by atoms with Gasteiger partial charge in [0.25, 0.3) is 0 Å². The maximum atomic E-state index is 4.27. The molecule has 0 aromatic carbocycles. The van der Waals surface area contributed by atoms with Gasteiger partial charge in [0.1, 0.15) is 0 Å². The van der Waals surface area contributed by atoms with Crippen LogP contribution >= 0.6 is 27.3 Å². The maximum Gasteiger partial charge on any atom is 0.0540 e. The monoisotopic (exact) mass is 313 g/mol. The molecule has 1 N–H and O–H groups in total. The Hall–Kier alpha value is -0.650. The molecule has 0 saturated carbocycles. The van der Waals surface area contributed by atoms with Crippen molar-refractivity contribution in [2.75, 3.05) is 0 Å². The fourth-order valence-corrected chi connectivity index (χ4v) is 3.19. The Morgan fingerprint density at radius 3 is 2.88 bits per heavy atom. The molecule has 0 aliphatic heterocycles. The van der Waals surface area contributed by atoms with Crippen molar-refractivity contribution >= 4 is 27.3 Å². The summed E-state index contributed by atoms with van der Waals surface area (Å²) in [6, 6.07) is 2.40. The first-order chi connectivity index (χ1) is 8.09. The zero-order valence-electron chi connectivity index (χ0n) is 10.2. The molecule has 2 aromatic heterocycles. The highest BCUT2D eigenvalue weighted by Crippen LogP contribution is 2.24. The van der Waals surface area contributed by atoms with E-state index in [0.29, 0.717) is 6.04 Å². The van der Waals surface area contributed by atoms with Crippen LogP contribution in [0, 0.1) is 6.92 Å². The van der Waals surface area contributed by atoms with Crippen molar-refractivity contribution < 1.29 is 0 Å². The Morgan fingerprint density at radius 2 is 2.35 bits per heavy atom. The third kappa shape index (κ3) is 2.78. The van der Waals surface area contributed by atoms with Gasteiger partial charge in [0.05, 0.1) is 6.20 Å². The molecule has 0 aliphatic carbocycles. The second-order valence-electron chi connectivity index (χ2n) is 4.10. The van der Waals surface area contributed by atoms with Gasteiger partial charge in [0.15, 0.2) is 0 Å². The summed E-state index contributed by atoms with van der Waals surface area (Å²) in [4.78, 5) is 1.33. The summed E-state index contributed by atoms with van der Waals surface area (Å²) in [6.45, 7) is 5.15. The Kier molecular flexibility index (Phi) is 4.01. The highest BCUT2D eigenvalue weighted by Gasteiger charge is 2.12. The molecule has 0 amide bonds. The Bertz CT molecular complexity index is 504. The number of aryl methyl sites for hydroxylation is 1. The molecule has 2 rings (SSSR count). The Labute approximate surface area is 114 Å². The largest absolute Gasteiger partial charge is 0.305 e. The van der Waals surface area contributed by atoms with Gasteiger partial charge in [0, 0.05) is 40.2 Å². The average molecular weight is 314 g/mol. The summed E-state index contributed by atoms with van der Waals surface area (Å²) in [5, 5.41) is 9.89. The number of nitrogens with zero attached hydrogens (tertiary/aromatic N) is 2. The van der Waals surface area contributed by atoms with E-state index < -0.39 is 0 Å². The van der Waals surface area contributed by atoms with Gasteiger partial charge in [-0.05, 0) is 41.2 Å². The standard InChI is InChI=1S/C12H16BrN3S/c1-8(10-6-15-16(3)9(10)2)14-7-12-11(13)4-5-17-12/h4-6,8,14H,7H2,1-3H3. The van der Waals surface area contributed by atoms with Crippen molar-refractivity contribution in [2.45, 2.75) is 26.4 Å². The number of hydrogen-bond donors (Lipinski definition) is 1. The van der Waals surface area contributed by atoms with Crippen LogP contribution in [0.25, 0.3) is 0 Å². The molecule has 0 aliphatic rings. The topological polar surface area (TPSA) is 29.9 Å². The zero-order valence-corrected chi connectivity index (χ0v) is 12.6. The van der Waals surface area contributed by atoms with Crippen molar-refractivity contribution in [2.24, 2.45) is 7.05 Å². The van der Waals surface area contributed by atoms with Crippen molar-refractivity contribution in [3.8, 4) is 0 Å². The minimum absolute atomic E-state index is 0.317. The van der Waals surface area contributed by atoms with Gasteiger partial charge in [0.2, 0.25) is 0 Å². The van der Waals surface area contributed by atoms with Crippen LogP contribution in [0.2, 0.25) is 0 Å². The molecule has 0 saturated heterocycles. The molecular weight excluding hydrogens is 298 g/mol. The second kappa shape index (κ2) is 5.33. The predicted octanol–water partition coefficient (Wildman–Crippen LogP) is 3.40. The molecular formula is C12H16BrN3S. The molecule has 1 atom stereocenters. The molecule has 17 heavy (non-hydrogen) atoms. The second-order valence-corrected chi connectivity index (χ2v) is 5.96. The number of thiophene rings is 1. The van der Waals surface area contributed by atoms with Gasteiger partial charge in [-0.3, -0.25) is 4.68 Å². The van der Waals surface area contributed by atoms with E-state index >= 15 is 0 Å². The first kappa shape index (κ1) is 12.8. The highest BCUT2D eigenvalue weighted by molar-refractivity contribution is 9.10. The average Bonchev–Trinajstić information content (AvgIpc) is 2.84. The SMILES string of the molecule is Cc1c(C(C)NCc2sccc2Br)cnn1C. The van der Waals surface area contributed by atoms with Crippen molar-refractivity contribution in [1.82, 2.24) is 15.1 Å². The van der Waals surface area contributed by atoms with Crippen LogP contribution < -0.4 is 5.32 Å². The lowest BCUT2D eigenvalue weighted by molar-refractivity contribution is 0.574. The maximum absolute atomic E-state index is 4.27. The van der Waals surface area contributed by atoms with Crippen LogP contribution in [0.3, 0.4) is 0 Å². The van der Waals surface area contributed by atoms with Crippen molar-refractivity contribution in [3.05, 3.63) is 38.3 Å². The summed E-state index contributed by atoms with van der Waals surface area (Å²) in [6.07, 6.45) is 1.94. The first-order valence-electron chi connectivity index (χ1n) is 5.53. The number of nitrogens with one attached hydrogen (secondary N) is 1. The van der Waals surface area contributed by atoms with E-state index in [4.69, 9.17) is 0 Å². The van der Waals surface area contributed by atoms with Gasteiger partial charge in [-0.15, -0.1) is 11.3 Å². The lowest BCUT2D eigenvalue weighted by Gasteiger charge is -2.13. The molecule has 0 spiro atoms. The summed E-state index contributed by atoms with van der Waals surface area (Å²) >= 11 is 5.31. The smallest absolute Gasteiger partial charge is 0.0540 e. The van der Waals surface area contributed by atoms with Crippen molar-refractivity contribution in [1.29, 1.82) is 0 Å². The van der Waals surface area contributed by atoms with Gasteiger partial charge < -0.3 is 5.32 Å². The van der Waals surface area contributed by atoms with Crippen LogP contribution in [0.4, 0.5) is 0 Å². The fourth-order valence-electron chi connectivity index (χ4n) is 1.75. The number of halogens is 1. The molecule has 92 valence electrons. The third-order valence-corrected chi connectivity index (χ3v) is 4.93. The quantitative estimate of drug-likeness (QED) is 0.937. The molecule has 2 heterocycles. The summed E-state index contributed by atoms with van der Waals surface area (Å²) in [7, 11) is 1.97. The van der Waals surface area contributed by atoms with E-state index in [0.717, 1.165) is 6.54 Å². The molecule has 0 bridgehead atoms. The third-order valence-electron chi connectivity index (χ3n) is 3.00. The minimum atomic E-state index is 0.317. The molecule has 3 nitrogen and oxygen atoms in total. The summed E-state index contributed by atoms with van der Waals surface area (Å²) in [5.41, 5.74) is 2.48. The normalized spacial score (nSPS) is 12.9. The summed E-state index contributed by atoms with van der Waals surface area (Å²) in [5.74, 6) is 0. The van der Waals surface area contributed by atoms with Crippen LogP contribution in [0.15, 0.2) is 22.1 Å². The van der Waals surface area contributed by atoms with Crippen LogP contribution in [0.5, 0.6) is 0 Å². The number of rotatable bonds is 4. The Morgan fingerprint density at radius 1 is 1.59 bits per heavy atom. The molecule has 5 heteroatoms. The molecule has 1 unspecified atom stereocenters. The lowest BCUT2D eigenvalue weighted by Crippen LogP contribution is -2.18. The van der Waals surface area contributed by atoms with Crippen LogP contribution in [0.1, 0.15) is 29.1 Å². The fraction of sp³-hybridized carbons (Fsp3) is 0.417. The van der Waals surface area contributed by atoms with E-state index in [1.807, 2.05) is 17.9 Å². The van der Waals surface area contributed by atoms with Crippen LogP contribution in [-0.2, 0) is 13.6 Å². The lowest BCUT2D eigenvalue weighted by atomic mass is 10.1. The van der Waals surface area contributed by atoms with E-state index in [1.165, 1.54) is 20.6 Å². The van der Waals surface area contributed by atoms with Gasteiger partial charge >= 0.3 is 0 Å². The van der Waals surface area contributed by atoms with E-state index in [1.54, 1.807) is 11.3 Å². The minimum Gasteiger partial charge on any atom is -0.305 e. The zero-order chi connectivity index (χ0) is 12.4. The van der Waals surface area contributed by atoms with Crippen molar-refractivity contribution in [3.63, 3.8) is 0 Å². The highest BCUT2D eigenvalue weighted by atomic mass is 79.9. The molecule has 2 aromatic rings. The van der Waals surface area contributed by atoms with Gasteiger partial charge in [-0.25, -0.2) is 0 Å². The molecule has 0 fully saturated rings. The predicted molar refractivity (Wildman–Crippen MR) is 75.2 cm³/mol. The van der Waals surface area contributed by atoms with Gasteiger partial charge in [-0.2, -0.15) is 5.10 Å². The van der Waals surface area contributed by atoms with E-state index in [9.17, 15) is 0 Å². The number of aromatic nitrogens is 2. The van der Waals surface area contributed by atoms with Gasteiger partial charge in [-0.1, -0.05) is 0 Å². The van der Waals surface area contributed by atoms with E-state index in [2.05, 4.69) is 51.6 Å². The Balaban J connectivity index is 2.00. The van der Waals surface area contributed by atoms with E-state index in [-0.39, 0.29) is 0 Å². The number of hydrogen-bond acceptors (Lipinski definition) is 3. The van der Waals surface area contributed by atoms with Crippen LogP contribution in [-0.4, -0.2) is 9.78 Å². The first-order valence-corrected chi connectivity index (χ1v) is 7.20. The summed E-state index contributed by atoms with van der Waals surface area (Å²) < 4.78 is 3.10. The molecule has 0 radical (unpaired) electrons.